The van der Waals surface area contributed by atoms with Crippen LogP contribution in [-0.2, 0) is 21.4 Å². The van der Waals surface area contributed by atoms with Crippen LogP contribution < -0.4 is 10.5 Å². The van der Waals surface area contributed by atoms with E-state index in [2.05, 4.69) is 0 Å². The number of pyridine rings is 1. The van der Waals surface area contributed by atoms with Crippen molar-refractivity contribution in [3.8, 4) is 6.07 Å². The smallest absolute Gasteiger partial charge is 0.305 e. The van der Waals surface area contributed by atoms with Crippen LogP contribution in [0.5, 0.6) is 0 Å². The molecule has 0 radical (unpaired) electrons. The first-order valence-corrected chi connectivity index (χ1v) is 11.3. The van der Waals surface area contributed by atoms with Gasteiger partial charge in [0.05, 0.1) is 23.5 Å². The Labute approximate surface area is 195 Å². The van der Waals surface area contributed by atoms with E-state index >= 15 is 0 Å². The highest BCUT2D eigenvalue weighted by molar-refractivity contribution is 8.26. The van der Waals surface area contributed by atoms with Gasteiger partial charge in [-0.3, -0.25) is 23.9 Å². The monoisotopic (exact) mass is 476 g/mol. The van der Waals surface area contributed by atoms with Crippen LogP contribution in [0.1, 0.15) is 37.0 Å². The SMILES string of the molecule is Cc1c(C=C2SC(=S)N(CCC(=O)O)C2=O)c(N2CC(C)OC(C)C2)n(C)c(=O)c1C#N. The Morgan fingerprint density at radius 3 is 2.53 bits per heavy atom. The van der Waals surface area contributed by atoms with Crippen LogP contribution in [0.15, 0.2) is 9.70 Å². The lowest BCUT2D eigenvalue weighted by Crippen LogP contribution is -2.47. The van der Waals surface area contributed by atoms with Crippen LogP contribution >= 0.6 is 24.0 Å². The molecule has 1 aromatic heterocycles. The predicted octanol–water partition coefficient (Wildman–Crippen LogP) is 1.85. The van der Waals surface area contributed by atoms with Gasteiger partial charge in [0.25, 0.3) is 11.5 Å². The molecule has 2 fully saturated rings. The van der Waals surface area contributed by atoms with E-state index in [1.54, 1.807) is 20.0 Å². The summed E-state index contributed by atoms with van der Waals surface area (Å²) < 4.78 is 7.54. The van der Waals surface area contributed by atoms with Gasteiger partial charge in [0.15, 0.2) is 0 Å². The summed E-state index contributed by atoms with van der Waals surface area (Å²) in [6, 6.07) is 1.98. The Kier molecular flexibility index (Phi) is 7.07. The van der Waals surface area contributed by atoms with Crippen molar-refractivity contribution in [2.45, 2.75) is 39.4 Å². The summed E-state index contributed by atoms with van der Waals surface area (Å²) in [5, 5.41) is 18.5. The molecule has 3 heterocycles. The van der Waals surface area contributed by atoms with E-state index < -0.39 is 11.5 Å². The second-order valence-corrected chi connectivity index (χ2v) is 9.53. The fourth-order valence-electron chi connectivity index (χ4n) is 3.98. The third-order valence-electron chi connectivity index (χ3n) is 5.39. The quantitative estimate of drug-likeness (QED) is 0.502. The van der Waals surface area contributed by atoms with Crippen molar-refractivity contribution in [3.05, 3.63) is 31.9 Å². The predicted molar refractivity (Wildman–Crippen MR) is 125 cm³/mol. The Morgan fingerprint density at radius 1 is 1.34 bits per heavy atom. The van der Waals surface area contributed by atoms with Crippen LogP contribution in [-0.4, -0.2) is 62.6 Å². The number of anilines is 1. The number of thiocarbonyl (C=S) groups is 1. The van der Waals surface area contributed by atoms with Crippen LogP contribution in [0.4, 0.5) is 5.82 Å². The minimum Gasteiger partial charge on any atom is -0.481 e. The van der Waals surface area contributed by atoms with Crippen LogP contribution in [0.2, 0.25) is 0 Å². The number of aliphatic carboxylic acids is 1. The zero-order valence-corrected chi connectivity index (χ0v) is 19.9. The number of aromatic nitrogens is 1. The van der Waals surface area contributed by atoms with Crippen molar-refractivity contribution < 1.29 is 19.4 Å². The van der Waals surface area contributed by atoms with Gasteiger partial charge in [0.1, 0.15) is 21.8 Å². The van der Waals surface area contributed by atoms with Crippen molar-refractivity contribution in [1.82, 2.24) is 9.47 Å². The summed E-state index contributed by atoms with van der Waals surface area (Å²) >= 11 is 6.36. The second-order valence-electron chi connectivity index (χ2n) is 7.85. The lowest BCUT2D eigenvalue weighted by atomic mass is 10.0. The number of carboxylic acid groups (broad SMARTS) is 1. The molecule has 0 aromatic carbocycles. The third-order valence-corrected chi connectivity index (χ3v) is 6.76. The summed E-state index contributed by atoms with van der Waals surface area (Å²) in [5.74, 6) is -0.805. The van der Waals surface area contributed by atoms with Crippen molar-refractivity contribution >= 4 is 52.1 Å². The number of hydrogen-bond acceptors (Lipinski definition) is 8. The minimum absolute atomic E-state index is 0.0122. The Hall–Kier alpha value is -2.68. The average molecular weight is 477 g/mol. The third kappa shape index (κ3) is 4.57. The van der Waals surface area contributed by atoms with Gasteiger partial charge in [-0.1, -0.05) is 24.0 Å². The van der Waals surface area contributed by atoms with E-state index in [0.29, 0.717) is 34.9 Å². The summed E-state index contributed by atoms with van der Waals surface area (Å²) in [7, 11) is 1.61. The van der Waals surface area contributed by atoms with Crippen LogP contribution in [0, 0.1) is 18.3 Å². The van der Waals surface area contributed by atoms with Crippen molar-refractivity contribution in [2.24, 2.45) is 7.05 Å². The summed E-state index contributed by atoms with van der Waals surface area (Å²) in [6.07, 6.45) is 1.31. The molecule has 1 aromatic rings. The molecule has 11 heteroatoms. The van der Waals surface area contributed by atoms with Crippen molar-refractivity contribution in [3.63, 3.8) is 0 Å². The number of nitrogens with zero attached hydrogens (tertiary/aromatic N) is 4. The number of ether oxygens (including phenoxy) is 1. The molecule has 1 amide bonds. The molecule has 2 unspecified atom stereocenters. The van der Waals surface area contributed by atoms with Crippen molar-refractivity contribution in [2.75, 3.05) is 24.5 Å². The molecule has 3 rings (SSSR count). The fraction of sp³-hybridized carbons (Fsp3) is 0.476. The molecule has 0 spiro atoms. The van der Waals surface area contributed by atoms with Gasteiger partial charge in [0.2, 0.25) is 0 Å². The van der Waals surface area contributed by atoms with Gasteiger partial charge in [-0.05, 0) is 32.4 Å². The highest BCUT2D eigenvalue weighted by Gasteiger charge is 2.34. The topological polar surface area (TPSA) is 116 Å². The molecule has 2 atom stereocenters. The normalized spacial score (nSPS) is 22.5. The van der Waals surface area contributed by atoms with Gasteiger partial charge in [-0.2, -0.15) is 5.26 Å². The first-order valence-electron chi connectivity index (χ1n) is 10.1. The molecule has 0 saturated carbocycles. The maximum Gasteiger partial charge on any atom is 0.305 e. The molecule has 1 N–H and O–H groups in total. The molecule has 2 saturated heterocycles. The van der Waals surface area contributed by atoms with Crippen molar-refractivity contribution in [1.29, 1.82) is 5.26 Å². The van der Waals surface area contributed by atoms with Gasteiger partial charge in [-0.15, -0.1) is 0 Å². The summed E-state index contributed by atoms with van der Waals surface area (Å²) in [6.45, 7) is 6.66. The number of carboxylic acids is 1. The van der Waals surface area contributed by atoms with Gasteiger partial charge < -0.3 is 14.7 Å². The second kappa shape index (κ2) is 9.44. The molecule has 0 bridgehead atoms. The van der Waals surface area contributed by atoms with E-state index in [-0.39, 0.29) is 41.0 Å². The standard InChI is InChI=1S/C21H24N4O5S2/c1-11-9-24(10-12(2)30-11)18-14(13(3)15(8-22)19(28)23(18)4)7-16-20(29)25(21(31)32-16)6-5-17(26)27/h7,11-12H,5-6,9-10H2,1-4H3,(H,26,27). The maximum absolute atomic E-state index is 12.9. The van der Waals surface area contributed by atoms with E-state index in [1.807, 2.05) is 24.8 Å². The van der Waals surface area contributed by atoms with E-state index in [1.165, 1.54) is 9.47 Å². The Bertz CT molecular complexity index is 1110. The van der Waals surface area contributed by atoms with Gasteiger partial charge in [-0.25, -0.2) is 0 Å². The van der Waals surface area contributed by atoms with Gasteiger partial charge >= 0.3 is 5.97 Å². The van der Waals surface area contributed by atoms with E-state index in [0.717, 1.165) is 11.8 Å². The number of thioether (sulfide) groups is 1. The summed E-state index contributed by atoms with van der Waals surface area (Å²) in [4.78, 5) is 40.3. The zero-order valence-electron chi connectivity index (χ0n) is 18.2. The maximum atomic E-state index is 12.9. The highest BCUT2D eigenvalue weighted by Crippen LogP contribution is 2.36. The van der Waals surface area contributed by atoms with Crippen LogP contribution in [0.3, 0.4) is 0 Å². The number of hydrogen-bond donors (Lipinski definition) is 1. The number of rotatable bonds is 5. The summed E-state index contributed by atoms with van der Waals surface area (Å²) in [5.41, 5.74) is 0.674. The lowest BCUT2D eigenvalue weighted by Gasteiger charge is -2.38. The Balaban J connectivity index is 2.13. The van der Waals surface area contributed by atoms with Gasteiger partial charge in [0, 0.05) is 32.2 Å². The lowest BCUT2D eigenvalue weighted by molar-refractivity contribution is -0.137. The molecule has 2 aliphatic heterocycles. The first kappa shape index (κ1) is 24.0. The minimum atomic E-state index is -1.02. The molecule has 2 aliphatic rings. The first-order chi connectivity index (χ1) is 15.0. The molecule has 170 valence electrons. The fourth-order valence-corrected chi connectivity index (χ4v) is 5.27. The number of nitriles is 1. The molecule has 0 aliphatic carbocycles. The number of carbonyl (C=O) groups is 2. The zero-order chi connectivity index (χ0) is 23.7. The largest absolute Gasteiger partial charge is 0.481 e. The van der Waals surface area contributed by atoms with E-state index in [4.69, 9.17) is 22.1 Å². The number of amides is 1. The molecular weight excluding hydrogens is 452 g/mol. The Morgan fingerprint density at radius 2 is 1.97 bits per heavy atom. The average Bonchev–Trinajstić information content (AvgIpc) is 2.97. The highest BCUT2D eigenvalue weighted by atomic mass is 32.2. The number of carbonyl (C=O) groups excluding carboxylic acids is 1. The molecular formula is C21H24N4O5S2. The molecule has 9 nitrogen and oxygen atoms in total. The number of morpholine rings is 1. The van der Waals surface area contributed by atoms with Crippen LogP contribution in [0.25, 0.3) is 6.08 Å². The molecule has 32 heavy (non-hydrogen) atoms. The van der Waals surface area contributed by atoms with E-state index in [9.17, 15) is 19.6 Å².